The zero-order valence-electron chi connectivity index (χ0n) is 13.1. The van der Waals surface area contributed by atoms with E-state index in [0.29, 0.717) is 0 Å². The zero-order valence-corrected chi connectivity index (χ0v) is 15.5. The minimum atomic E-state index is 0.112. The van der Waals surface area contributed by atoms with Crippen LogP contribution >= 0.6 is 34.9 Å². The number of thioether (sulfide) groups is 1. The smallest absolute Gasteiger partial charge is 0.179 e. The largest absolute Gasteiger partial charge is 0.308 e. The highest BCUT2D eigenvalue weighted by molar-refractivity contribution is 8.03. The minimum Gasteiger partial charge on any atom is -0.308 e. The average Bonchev–Trinajstić information content (AvgIpc) is 2.86. The van der Waals surface area contributed by atoms with Gasteiger partial charge in [-0.05, 0) is 45.6 Å². The van der Waals surface area contributed by atoms with Crippen LogP contribution in [0, 0.1) is 6.92 Å². The molecule has 0 bridgehead atoms. The van der Waals surface area contributed by atoms with Gasteiger partial charge in [-0.15, -0.1) is 10.2 Å². The van der Waals surface area contributed by atoms with E-state index < -0.39 is 0 Å². The molecule has 1 aromatic heterocycles. The maximum Gasteiger partial charge on any atom is 0.179 e. The van der Waals surface area contributed by atoms with Crippen LogP contribution in [0.25, 0.3) is 0 Å². The molecule has 0 radical (unpaired) electrons. The first kappa shape index (κ1) is 16.8. The molecule has 0 fully saturated rings. The Labute approximate surface area is 139 Å². The van der Waals surface area contributed by atoms with Gasteiger partial charge in [-0.1, -0.05) is 52.6 Å². The number of aryl methyl sites for hydroxylation is 1. The summed E-state index contributed by atoms with van der Waals surface area (Å²) in [6.45, 7) is 9.55. The van der Waals surface area contributed by atoms with Gasteiger partial charge in [0, 0.05) is 17.0 Å². The molecule has 0 aliphatic heterocycles. The van der Waals surface area contributed by atoms with E-state index in [1.165, 1.54) is 16.0 Å². The number of benzene rings is 1. The van der Waals surface area contributed by atoms with E-state index in [1.54, 1.807) is 34.9 Å². The van der Waals surface area contributed by atoms with Gasteiger partial charge in [0.05, 0.1) is 0 Å². The normalized spacial score (nSPS) is 11.9. The van der Waals surface area contributed by atoms with Crippen LogP contribution in [0.2, 0.25) is 0 Å². The van der Waals surface area contributed by atoms with Crippen molar-refractivity contribution < 1.29 is 0 Å². The molecule has 21 heavy (non-hydrogen) atoms. The molecular formula is C15H21N3S3. The Morgan fingerprint density at radius 3 is 2.52 bits per heavy atom. The first-order valence-corrected chi connectivity index (χ1v) is 9.63. The molecule has 0 aliphatic carbocycles. The van der Waals surface area contributed by atoms with E-state index >= 15 is 0 Å². The van der Waals surface area contributed by atoms with Crippen LogP contribution in [0.4, 0.5) is 0 Å². The van der Waals surface area contributed by atoms with Gasteiger partial charge in [0.2, 0.25) is 0 Å². The molecule has 3 nitrogen and oxygen atoms in total. The van der Waals surface area contributed by atoms with Crippen LogP contribution in [0.3, 0.4) is 0 Å². The minimum absolute atomic E-state index is 0.112. The molecule has 0 saturated carbocycles. The molecule has 1 heterocycles. The highest BCUT2D eigenvalue weighted by atomic mass is 32.2. The van der Waals surface area contributed by atoms with E-state index in [4.69, 9.17) is 0 Å². The second kappa shape index (κ2) is 7.13. The lowest BCUT2D eigenvalue weighted by atomic mass is 10.1. The van der Waals surface area contributed by atoms with E-state index in [0.717, 1.165) is 15.2 Å². The molecule has 0 spiro atoms. The Bertz CT molecular complexity index is 602. The Balaban J connectivity index is 2.17. The standard InChI is InChI=1S/C15H21N3S3/c1-10-6-7-12(11(8-10)9-16-15(2,3)4)20-14-18-17-13(19-5)21-14/h6-8,16H,9H2,1-5H3. The maximum absolute atomic E-state index is 4.24. The van der Waals surface area contributed by atoms with Gasteiger partial charge in [-0.25, -0.2) is 0 Å². The van der Waals surface area contributed by atoms with Crippen molar-refractivity contribution in [3.63, 3.8) is 0 Å². The summed E-state index contributed by atoms with van der Waals surface area (Å²) in [5, 5.41) is 12.0. The summed E-state index contributed by atoms with van der Waals surface area (Å²) in [6.07, 6.45) is 2.03. The van der Waals surface area contributed by atoms with E-state index in [9.17, 15) is 0 Å². The molecule has 2 aromatic rings. The number of rotatable bonds is 5. The van der Waals surface area contributed by atoms with Crippen molar-refractivity contribution in [1.82, 2.24) is 15.5 Å². The summed E-state index contributed by atoms with van der Waals surface area (Å²) in [5.74, 6) is 0. The Morgan fingerprint density at radius 1 is 1.19 bits per heavy atom. The summed E-state index contributed by atoms with van der Waals surface area (Å²) in [4.78, 5) is 1.25. The third-order valence-corrected chi connectivity index (χ3v) is 5.85. The first-order valence-electron chi connectivity index (χ1n) is 6.77. The fraction of sp³-hybridized carbons (Fsp3) is 0.467. The van der Waals surface area contributed by atoms with Crippen molar-refractivity contribution in [3.8, 4) is 0 Å². The predicted octanol–water partition coefficient (Wildman–Crippen LogP) is 4.61. The fourth-order valence-electron chi connectivity index (χ4n) is 1.72. The predicted molar refractivity (Wildman–Crippen MR) is 93.6 cm³/mol. The van der Waals surface area contributed by atoms with Crippen LogP contribution in [0.5, 0.6) is 0 Å². The summed E-state index contributed by atoms with van der Waals surface area (Å²) < 4.78 is 2.01. The summed E-state index contributed by atoms with van der Waals surface area (Å²) >= 11 is 4.99. The van der Waals surface area contributed by atoms with Crippen LogP contribution in [0.1, 0.15) is 31.9 Å². The van der Waals surface area contributed by atoms with Gasteiger partial charge in [-0.2, -0.15) is 0 Å². The number of aromatic nitrogens is 2. The average molecular weight is 340 g/mol. The van der Waals surface area contributed by atoms with Gasteiger partial charge < -0.3 is 5.32 Å². The van der Waals surface area contributed by atoms with Crippen molar-refractivity contribution in [2.45, 2.75) is 53.4 Å². The van der Waals surface area contributed by atoms with Gasteiger partial charge in [0.1, 0.15) is 0 Å². The van der Waals surface area contributed by atoms with Crippen molar-refractivity contribution in [2.24, 2.45) is 0 Å². The number of nitrogens with one attached hydrogen (secondary N) is 1. The number of hydrogen-bond donors (Lipinski definition) is 1. The van der Waals surface area contributed by atoms with Gasteiger partial charge in [-0.3, -0.25) is 0 Å². The third kappa shape index (κ3) is 5.29. The topological polar surface area (TPSA) is 37.8 Å². The van der Waals surface area contributed by atoms with Crippen molar-refractivity contribution >= 4 is 34.9 Å². The Kier molecular flexibility index (Phi) is 5.71. The fourth-order valence-corrected chi connectivity index (χ4v) is 4.23. The SMILES string of the molecule is CSc1nnc(Sc2ccc(C)cc2CNC(C)(C)C)s1. The molecule has 0 aliphatic rings. The molecular weight excluding hydrogens is 318 g/mol. The molecule has 1 aromatic carbocycles. The summed E-state index contributed by atoms with van der Waals surface area (Å²) in [6, 6.07) is 6.58. The van der Waals surface area contributed by atoms with Gasteiger partial charge >= 0.3 is 0 Å². The molecule has 2 rings (SSSR count). The highest BCUT2D eigenvalue weighted by Crippen LogP contribution is 2.35. The van der Waals surface area contributed by atoms with E-state index in [1.807, 2.05) is 6.26 Å². The lowest BCUT2D eigenvalue weighted by Crippen LogP contribution is -2.35. The lowest BCUT2D eigenvalue weighted by Gasteiger charge is -2.21. The van der Waals surface area contributed by atoms with Crippen LogP contribution in [-0.2, 0) is 6.54 Å². The third-order valence-electron chi connectivity index (χ3n) is 2.78. The maximum atomic E-state index is 4.24. The second-order valence-corrected chi connectivity index (χ2v) is 9.17. The Hall–Kier alpha value is -0.560. The van der Waals surface area contributed by atoms with Crippen LogP contribution in [0.15, 0.2) is 31.8 Å². The highest BCUT2D eigenvalue weighted by Gasteiger charge is 2.13. The van der Waals surface area contributed by atoms with Crippen molar-refractivity contribution in [1.29, 1.82) is 0 Å². The van der Waals surface area contributed by atoms with Crippen molar-refractivity contribution in [3.05, 3.63) is 29.3 Å². The molecule has 0 unspecified atom stereocenters. The Morgan fingerprint density at radius 2 is 1.90 bits per heavy atom. The lowest BCUT2D eigenvalue weighted by molar-refractivity contribution is 0.422. The number of nitrogens with zero attached hydrogens (tertiary/aromatic N) is 2. The van der Waals surface area contributed by atoms with E-state index in [-0.39, 0.29) is 5.54 Å². The quantitative estimate of drug-likeness (QED) is 0.805. The van der Waals surface area contributed by atoms with E-state index in [2.05, 4.69) is 61.4 Å². The first-order chi connectivity index (χ1) is 9.87. The molecule has 0 atom stereocenters. The molecule has 114 valence electrons. The van der Waals surface area contributed by atoms with Crippen LogP contribution in [-0.4, -0.2) is 22.0 Å². The second-order valence-electron chi connectivity index (χ2n) is 5.85. The number of hydrogen-bond acceptors (Lipinski definition) is 6. The molecule has 6 heteroatoms. The summed E-state index contributed by atoms with van der Waals surface area (Å²) in [7, 11) is 0. The van der Waals surface area contributed by atoms with Crippen LogP contribution < -0.4 is 5.32 Å². The van der Waals surface area contributed by atoms with Crippen molar-refractivity contribution in [2.75, 3.05) is 6.26 Å². The van der Waals surface area contributed by atoms with Gasteiger partial charge in [0.25, 0.3) is 0 Å². The van der Waals surface area contributed by atoms with Gasteiger partial charge in [0.15, 0.2) is 8.68 Å². The molecule has 0 saturated heterocycles. The monoisotopic (exact) mass is 339 g/mol. The summed E-state index contributed by atoms with van der Waals surface area (Å²) in [5.41, 5.74) is 2.71. The molecule has 1 N–H and O–H groups in total. The molecule has 0 amide bonds. The zero-order chi connectivity index (χ0) is 15.5.